The molecule has 0 bridgehead atoms. The summed E-state index contributed by atoms with van der Waals surface area (Å²) in [4.78, 5) is 0. The van der Waals surface area contributed by atoms with E-state index >= 15 is 0 Å². The van der Waals surface area contributed by atoms with E-state index in [9.17, 15) is 8.42 Å². The molecule has 0 saturated heterocycles. The average molecular weight is 296 g/mol. The van der Waals surface area contributed by atoms with Crippen LogP contribution in [-0.2, 0) is 14.8 Å². The predicted octanol–water partition coefficient (Wildman–Crippen LogP) is 2.47. The van der Waals surface area contributed by atoms with E-state index in [0.29, 0.717) is 5.69 Å². The Kier molecular flexibility index (Phi) is 4.54. The van der Waals surface area contributed by atoms with E-state index in [1.165, 1.54) is 0 Å². The highest BCUT2D eigenvalue weighted by Crippen LogP contribution is 2.21. The highest BCUT2D eigenvalue weighted by molar-refractivity contribution is 7.92. The van der Waals surface area contributed by atoms with Gasteiger partial charge >= 0.3 is 0 Å². The Hall–Kier alpha value is -1.69. The molecule has 20 heavy (non-hydrogen) atoms. The molecule has 1 aromatic carbocycles. The fourth-order valence-corrected chi connectivity index (χ4v) is 2.68. The van der Waals surface area contributed by atoms with Crippen LogP contribution in [0.3, 0.4) is 0 Å². The molecule has 1 heterocycles. The van der Waals surface area contributed by atoms with Crippen LogP contribution in [0.5, 0.6) is 0 Å². The van der Waals surface area contributed by atoms with Crippen molar-refractivity contribution in [3.05, 3.63) is 36.1 Å². The van der Waals surface area contributed by atoms with E-state index in [0.717, 1.165) is 36.9 Å². The van der Waals surface area contributed by atoms with Gasteiger partial charge in [0, 0.05) is 5.69 Å². The molecule has 2 N–H and O–H groups in total. The second kappa shape index (κ2) is 6.17. The normalized spacial score (nSPS) is 18.4. The summed E-state index contributed by atoms with van der Waals surface area (Å²) in [6.45, 7) is 2.61. The van der Waals surface area contributed by atoms with E-state index in [1.54, 1.807) is 12.3 Å². The minimum atomic E-state index is -3.24. The van der Waals surface area contributed by atoms with E-state index < -0.39 is 10.0 Å². The summed E-state index contributed by atoms with van der Waals surface area (Å²) in [5.74, 6) is 0. The molecule has 0 radical (unpaired) electrons. The fraction of sp³-hybridized carbons (Fsp3) is 0.429. The molecule has 0 aromatic heterocycles. The highest BCUT2D eigenvalue weighted by Gasteiger charge is 2.11. The topological polar surface area (TPSA) is 67.4 Å². The molecular weight excluding hydrogens is 276 g/mol. The van der Waals surface area contributed by atoms with E-state index in [-0.39, 0.29) is 6.10 Å². The van der Waals surface area contributed by atoms with Crippen molar-refractivity contribution in [1.29, 1.82) is 0 Å². The van der Waals surface area contributed by atoms with Crippen LogP contribution in [0.15, 0.2) is 30.5 Å². The molecule has 1 aliphatic rings. The Balaban J connectivity index is 1.96. The van der Waals surface area contributed by atoms with Gasteiger partial charge in [-0.1, -0.05) is 0 Å². The Morgan fingerprint density at radius 1 is 1.40 bits per heavy atom. The quantitative estimate of drug-likeness (QED) is 0.876. The first-order valence-electron chi connectivity index (χ1n) is 6.57. The molecule has 0 spiro atoms. The molecule has 1 aliphatic heterocycles. The van der Waals surface area contributed by atoms with Gasteiger partial charge in [-0.2, -0.15) is 0 Å². The monoisotopic (exact) mass is 296 g/mol. The Labute approximate surface area is 120 Å². The number of allylic oxidation sites excluding steroid dienone is 1. The van der Waals surface area contributed by atoms with Crippen molar-refractivity contribution < 1.29 is 13.2 Å². The zero-order valence-electron chi connectivity index (χ0n) is 11.7. The number of ether oxygens (including phenoxy) is 1. The summed E-state index contributed by atoms with van der Waals surface area (Å²) in [6.07, 6.45) is 7.16. The molecule has 1 unspecified atom stereocenters. The number of aryl methyl sites for hydroxylation is 1. The molecule has 5 nitrogen and oxygen atoms in total. The van der Waals surface area contributed by atoms with Gasteiger partial charge in [-0.3, -0.25) is 4.72 Å². The fourth-order valence-electron chi connectivity index (χ4n) is 2.05. The summed E-state index contributed by atoms with van der Waals surface area (Å²) in [5, 5.41) is 3.31. The number of nitrogens with one attached hydrogen (secondary N) is 2. The third-order valence-electron chi connectivity index (χ3n) is 3.08. The summed E-state index contributed by atoms with van der Waals surface area (Å²) in [5.41, 5.74) is 2.44. The lowest BCUT2D eigenvalue weighted by atomic mass is 10.1. The van der Waals surface area contributed by atoms with Crippen LogP contribution in [0, 0.1) is 6.92 Å². The molecule has 0 aliphatic carbocycles. The Morgan fingerprint density at radius 3 is 2.80 bits per heavy atom. The number of anilines is 2. The summed E-state index contributed by atoms with van der Waals surface area (Å²) in [6, 6.07) is 5.55. The molecule has 6 heteroatoms. The van der Waals surface area contributed by atoms with Crippen molar-refractivity contribution in [2.45, 2.75) is 25.9 Å². The van der Waals surface area contributed by atoms with Crippen LogP contribution in [0.4, 0.5) is 11.4 Å². The van der Waals surface area contributed by atoms with E-state index in [2.05, 4.69) is 10.0 Å². The first-order valence-corrected chi connectivity index (χ1v) is 8.46. The van der Waals surface area contributed by atoms with Gasteiger partial charge in [0.25, 0.3) is 0 Å². The molecule has 0 saturated carbocycles. The number of sulfonamides is 1. The molecule has 110 valence electrons. The van der Waals surface area contributed by atoms with Crippen LogP contribution in [0.2, 0.25) is 0 Å². The standard InChI is InChI=1S/C14H20N2O3S/c1-11-9-12(6-7-14(11)16-20(2,17)18)15-10-13-5-3-4-8-19-13/h4,6-9,13,15-16H,3,5,10H2,1-2H3. The first kappa shape index (κ1) is 14.7. The smallest absolute Gasteiger partial charge is 0.229 e. The van der Waals surface area contributed by atoms with Gasteiger partial charge in [0.15, 0.2) is 0 Å². The first-order chi connectivity index (χ1) is 9.44. The maximum absolute atomic E-state index is 11.2. The molecular formula is C14H20N2O3S. The maximum Gasteiger partial charge on any atom is 0.229 e. The van der Waals surface area contributed by atoms with Crippen molar-refractivity contribution in [1.82, 2.24) is 0 Å². The lowest BCUT2D eigenvalue weighted by Crippen LogP contribution is -2.23. The second-order valence-corrected chi connectivity index (χ2v) is 6.74. The van der Waals surface area contributed by atoms with E-state index in [4.69, 9.17) is 4.74 Å². The Bertz CT molecular complexity index is 596. The molecule has 0 fully saturated rings. The summed E-state index contributed by atoms with van der Waals surface area (Å²) >= 11 is 0. The second-order valence-electron chi connectivity index (χ2n) is 4.99. The lowest BCUT2D eigenvalue weighted by Gasteiger charge is -2.20. The van der Waals surface area contributed by atoms with Gasteiger partial charge in [0.05, 0.1) is 24.7 Å². The summed E-state index contributed by atoms with van der Waals surface area (Å²) < 4.78 is 30.4. The number of rotatable bonds is 5. The lowest BCUT2D eigenvalue weighted by molar-refractivity contribution is 0.135. The molecule has 0 amide bonds. The molecule has 1 atom stereocenters. The van der Waals surface area contributed by atoms with Crippen molar-refractivity contribution in [2.24, 2.45) is 0 Å². The van der Waals surface area contributed by atoms with Crippen LogP contribution >= 0.6 is 0 Å². The van der Waals surface area contributed by atoms with Gasteiger partial charge in [-0.15, -0.1) is 0 Å². The third-order valence-corrected chi connectivity index (χ3v) is 3.67. The minimum absolute atomic E-state index is 0.189. The SMILES string of the molecule is Cc1cc(NCC2CCC=CO2)ccc1NS(C)(=O)=O. The number of benzene rings is 1. The number of hydrogen-bond donors (Lipinski definition) is 2. The van der Waals surface area contributed by atoms with Gasteiger partial charge in [-0.05, 0) is 49.6 Å². The van der Waals surface area contributed by atoms with Gasteiger partial charge in [0.1, 0.15) is 6.10 Å². The van der Waals surface area contributed by atoms with Crippen molar-refractivity contribution >= 4 is 21.4 Å². The van der Waals surface area contributed by atoms with Crippen molar-refractivity contribution in [3.63, 3.8) is 0 Å². The Morgan fingerprint density at radius 2 is 2.20 bits per heavy atom. The van der Waals surface area contributed by atoms with E-state index in [1.807, 2.05) is 25.1 Å². The third kappa shape index (κ3) is 4.45. The van der Waals surface area contributed by atoms with Crippen molar-refractivity contribution in [2.75, 3.05) is 22.8 Å². The van der Waals surface area contributed by atoms with Crippen molar-refractivity contribution in [3.8, 4) is 0 Å². The predicted molar refractivity (Wildman–Crippen MR) is 81.4 cm³/mol. The van der Waals surface area contributed by atoms with Gasteiger partial charge < -0.3 is 10.1 Å². The largest absolute Gasteiger partial charge is 0.497 e. The van der Waals surface area contributed by atoms with Crippen LogP contribution in [0.1, 0.15) is 18.4 Å². The number of hydrogen-bond acceptors (Lipinski definition) is 4. The minimum Gasteiger partial charge on any atom is -0.497 e. The van der Waals surface area contributed by atoms with Crippen LogP contribution in [-0.4, -0.2) is 27.3 Å². The van der Waals surface area contributed by atoms with Crippen LogP contribution in [0.25, 0.3) is 0 Å². The van der Waals surface area contributed by atoms with Gasteiger partial charge in [0.2, 0.25) is 10.0 Å². The highest BCUT2D eigenvalue weighted by atomic mass is 32.2. The van der Waals surface area contributed by atoms with Gasteiger partial charge in [-0.25, -0.2) is 8.42 Å². The average Bonchev–Trinajstić information content (AvgIpc) is 2.39. The zero-order chi connectivity index (χ0) is 14.6. The maximum atomic E-state index is 11.2. The molecule has 1 aromatic rings. The zero-order valence-corrected chi connectivity index (χ0v) is 12.5. The summed E-state index contributed by atoms with van der Waals surface area (Å²) in [7, 11) is -3.24. The van der Waals surface area contributed by atoms with Crippen LogP contribution < -0.4 is 10.0 Å². The molecule has 2 rings (SSSR count).